The molecular weight excluding hydrogens is 279 g/mol. The fraction of sp³-hybridized carbons (Fsp3) is 0.571. The summed E-state index contributed by atoms with van der Waals surface area (Å²) in [5.41, 5.74) is 0. The van der Waals surface area contributed by atoms with Gasteiger partial charge in [0, 0.05) is 19.6 Å². The normalized spacial score (nSPS) is 10.3. The quantitative estimate of drug-likeness (QED) is 0.454. The first-order valence-corrected chi connectivity index (χ1v) is 3.84. The molecule has 0 heterocycles. The van der Waals surface area contributed by atoms with Crippen molar-refractivity contribution in [3.63, 3.8) is 0 Å². The SMILES string of the molecule is O=C([O-])CN(CC(=O)[O-])CC(O)C(=O)[O-].[Na+].[Na+].[Na+]. The summed E-state index contributed by atoms with van der Waals surface area (Å²) >= 11 is 0. The van der Waals surface area contributed by atoms with Crippen LogP contribution in [0, 0.1) is 0 Å². The zero-order chi connectivity index (χ0) is 12.0. The van der Waals surface area contributed by atoms with Crippen LogP contribution in [0.1, 0.15) is 0 Å². The number of rotatable bonds is 7. The fourth-order valence-electron chi connectivity index (χ4n) is 0.869. The molecule has 1 atom stereocenters. The van der Waals surface area contributed by atoms with Crippen LogP contribution in [-0.4, -0.2) is 53.7 Å². The van der Waals surface area contributed by atoms with Crippen LogP contribution >= 0.6 is 0 Å². The Labute approximate surface area is 170 Å². The van der Waals surface area contributed by atoms with E-state index in [4.69, 9.17) is 5.11 Å². The maximum atomic E-state index is 10.1. The third-order valence-corrected chi connectivity index (χ3v) is 1.41. The summed E-state index contributed by atoms with van der Waals surface area (Å²) in [6, 6.07) is 0. The number of carbonyl (C=O) groups is 3. The van der Waals surface area contributed by atoms with E-state index in [1.165, 1.54) is 0 Å². The molecular formula is C7H8NNa3O7. The number of aliphatic carboxylic acids is 3. The first kappa shape index (κ1) is 27.6. The van der Waals surface area contributed by atoms with Gasteiger partial charge in [-0.2, -0.15) is 0 Å². The Balaban J connectivity index is -0.000000327. The second-order valence-corrected chi connectivity index (χ2v) is 2.75. The molecule has 0 fully saturated rings. The summed E-state index contributed by atoms with van der Waals surface area (Å²) in [4.78, 5) is 31.0. The van der Waals surface area contributed by atoms with E-state index in [1.807, 2.05) is 0 Å². The summed E-state index contributed by atoms with van der Waals surface area (Å²) < 4.78 is 0. The zero-order valence-electron chi connectivity index (χ0n) is 10.5. The van der Waals surface area contributed by atoms with Crippen LogP contribution in [0.5, 0.6) is 0 Å². The molecule has 18 heavy (non-hydrogen) atoms. The van der Waals surface area contributed by atoms with Crippen molar-refractivity contribution >= 4 is 17.9 Å². The zero-order valence-corrected chi connectivity index (χ0v) is 16.5. The summed E-state index contributed by atoms with van der Waals surface area (Å²) in [6.45, 7) is -2.33. The maximum absolute atomic E-state index is 10.1. The van der Waals surface area contributed by atoms with Crippen molar-refractivity contribution in [3.05, 3.63) is 0 Å². The van der Waals surface area contributed by atoms with Gasteiger partial charge in [-0.05, 0) is 0 Å². The molecule has 1 N–H and O–H groups in total. The molecule has 86 valence electrons. The van der Waals surface area contributed by atoms with E-state index in [2.05, 4.69) is 0 Å². The third-order valence-electron chi connectivity index (χ3n) is 1.41. The van der Waals surface area contributed by atoms with E-state index in [9.17, 15) is 29.7 Å². The molecule has 0 aromatic carbocycles. The number of carbonyl (C=O) groups excluding carboxylic acids is 3. The Bertz CT molecular complexity index is 260. The summed E-state index contributed by atoms with van der Waals surface area (Å²) in [7, 11) is 0. The smallest absolute Gasteiger partial charge is 0.549 e. The molecule has 0 bridgehead atoms. The van der Waals surface area contributed by atoms with Crippen molar-refractivity contribution in [1.82, 2.24) is 4.90 Å². The van der Waals surface area contributed by atoms with Gasteiger partial charge in [0.1, 0.15) is 6.10 Å². The molecule has 0 saturated carbocycles. The predicted octanol–water partition coefficient (Wildman–Crippen LogP) is -15.1. The molecule has 1 unspecified atom stereocenters. The standard InChI is InChI=1S/C7H11NO7.3Na/c9-4(7(14)15)1-8(2-5(10)11)3-6(12)13;;;/h4,9H,1-3H2,(H,10,11)(H,12,13)(H,14,15);;;/q;3*+1/p-3. The average Bonchev–Trinajstić information content (AvgIpc) is 2.00. The number of carboxylic acids is 3. The van der Waals surface area contributed by atoms with Gasteiger partial charge in [0.05, 0.1) is 17.9 Å². The number of hydrogen-bond donors (Lipinski definition) is 1. The fourth-order valence-corrected chi connectivity index (χ4v) is 0.869. The second-order valence-electron chi connectivity index (χ2n) is 2.75. The molecule has 0 aliphatic carbocycles. The van der Waals surface area contributed by atoms with Gasteiger partial charge < -0.3 is 34.8 Å². The van der Waals surface area contributed by atoms with Crippen LogP contribution in [0.4, 0.5) is 0 Å². The van der Waals surface area contributed by atoms with Gasteiger partial charge in [-0.25, -0.2) is 0 Å². The Kier molecular flexibility index (Phi) is 22.6. The molecule has 11 heteroatoms. The van der Waals surface area contributed by atoms with Gasteiger partial charge in [0.25, 0.3) is 0 Å². The monoisotopic (exact) mass is 287 g/mol. The molecule has 0 aromatic rings. The molecule has 0 saturated heterocycles. The van der Waals surface area contributed by atoms with E-state index in [1.54, 1.807) is 0 Å². The number of hydrogen-bond acceptors (Lipinski definition) is 8. The van der Waals surface area contributed by atoms with Gasteiger partial charge in [-0.3, -0.25) is 4.90 Å². The molecule has 0 radical (unpaired) electrons. The van der Waals surface area contributed by atoms with Crippen LogP contribution in [-0.2, 0) is 14.4 Å². The minimum absolute atomic E-state index is 0. The Morgan fingerprint density at radius 1 is 0.944 bits per heavy atom. The number of aliphatic hydroxyl groups is 1. The van der Waals surface area contributed by atoms with Crippen LogP contribution in [0.3, 0.4) is 0 Å². The molecule has 0 amide bonds. The van der Waals surface area contributed by atoms with E-state index in [-0.39, 0.29) is 88.7 Å². The van der Waals surface area contributed by atoms with Crippen LogP contribution in [0.2, 0.25) is 0 Å². The van der Waals surface area contributed by atoms with Crippen molar-refractivity contribution in [2.24, 2.45) is 0 Å². The average molecular weight is 287 g/mol. The van der Waals surface area contributed by atoms with Gasteiger partial charge in [-0.15, -0.1) is 0 Å². The molecule has 0 aromatic heterocycles. The van der Waals surface area contributed by atoms with Crippen molar-refractivity contribution in [3.8, 4) is 0 Å². The minimum atomic E-state index is -1.97. The molecule has 8 nitrogen and oxygen atoms in total. The number of aliphatic hydroxyl groups excluding tert-OH is 1. The van der Waals surface area contributed by atoms with E-state index < -0.39 is 43.6 Å². The topological polar surface area (TPSA) is 144 Å². The van der Waals surface area contributed by atoms with Crippen LogP contribution in [0.15, 0.2) is 0 Å². The van der Waals surface area contributed by atoms with Gasteiger partial charge in [-0.1, -0.05) is 0 Å². The molecule has 0 rings (SSSR count). The Morgan fingerprint density at radius 3 is 1.50 bits per heavy atom. The second kappa shape index (κ2) is 14.7. The van der Waals surface area contributed by atoms with E-state index in [0.717, 1.165) is 0 Å². The van der Waals surface area contributed by atoms with Crippen molar-refractivity contribution in [2.45, 2.75) is 6.10 Å². The molecule has 0 aliphatic rings. The van der Waals surface area contributed by atoms with Crippen molar-refractivity contribution in [2.75, 3.05) is 19.6 Å². The first-order chi connectivity index (χ1) is 6.82. The first-order valence-electron chi connectivity index (χ1n) is 3.84. The predicted molar refractivity (Wildman–Crippen MR) is 37.5 cm³/mol. The Morgan fingerprint density at radius 2 is 1.28 bits per heavy atom. The number of carboxylic acid groups (broad SMARTS) is 3. The van der Waals surface area contributed by atoms with Crippen molar-refractivity contribution in [1.29, 1.82) is 0 Å². The van der Waals surface area contributed by atoms with E-state index in [0.29, 0.717) is 4.90 Å². The van der Waals surface area contributed by atoms with Gasteiger partial charge in [0.15, 0.2) is 0 Å². The summed E-state index contributed by atoms with van der Waals surface area (Å²) in [5.74, 6) is -5.01. The third kappa shape index (κ3) is 15.4. The van der Waals surface area contributed by atoms with Gasteiger partial charge >= 0.3 is 88.7 Å². The largest absolute Gasteiger partial charge is 1.00 e. The molecule has 0 aliphatic heterocycles. The summed E-state index contributed by atoms with van der Waals surface area (Å²) in [5, 5.41) is 39.1. The summed E-state index contributed by atoms with van der Waals surface area (Å²) in [6.07, 6.45) is -1.97. The van der Waals surface area contributed by atoms with Gasteiger partial charge in [0.2, 0.25) is 0 Å². The Hall–Kier alpha value is 1.33. The minimum Gasteiger partial charge on any atom is -0.549 e. The van der Waals surface area contributed by atoms with Crippen molar-refractivity contribution < 1.29 is 123 Å². The maximum Gasteiger partial charge on any atom is 1.00 e. The molecule has 0 spiro atoms. The number of nitrogens with zero attached hydrogens (tertiary/aromatic N) is 1. The van der Waals surface area contributed by atoms with Crippen LogP contribution in [0.25, 0.3) is 0 Å². The van der Waals surface area contributed by atoms with E-state index >= 15 is 0 Å². The van der Waals surface area contributed by atoms with Crippen LogP contribution < -0.4 is 104 Å².